The van der Waals surface area contributed by atoms with Gasteiger partial charge in [-0.15, -0.1) is 0 Å². The fraction of sp³-hybridized carbons (Fsp3) is 0.111. The first-order chi connectivity index (χ1) is 16.5. The van der Waals surface area contributed by atoms with Crippen LogP contribution in [0, 0.1) is 6.92 Å². The third kappa shape index (κ3) is 4.54. The van der Waals surface area contributed by atoms with Crippen molar-refractivity contribution in [2.75, 3.05) is 0 Å². The highest BCUT2D eigenvalue weighted by atomic mass is 35.5. The Morgan fingerprint density at radius 1 is 0.971 bits per heavy atom. The van der Waals surface area contributed by atoms with Gasteiger partial charge in [0.1, 0.15) is 0 Å². The van der Waals surface area contributed by atoms with Crippen LogP contribution in [0.4, 0.5) is 0 Å². The van der Waals surface area contributed by atoms with Crippen molar-refractivity contribution in [1.29, 1.82) is 0 Å². The Bertz CT molecular complexity index is 1530. The van der Waals surface area contributed by atoms with Gasteiger partial charge in [-0.3, -0.25) is 14.6 Å². The average Bonchev–Trinajstić information content (AvgIpc) is 3.47. The number of para-hydroxylation sites is 1. The summed E-state index contributed by atoms with van der Waals surface area (Å²) >= 11 is 6.21. The molecule has 3 heterocycles. The number of hydrogen-bond donors (Lipinski definition) is 1. The van der Waals surface area contributed by atoms with Crippen molar-refractivity contribution in [3.05, 3.63) is 112 Å². The summed E-state index contributed by atoms with van der Waals surface area (Å²) in [5.74, 6) is -0.0316. The van der Waals surface area contributed by atoms with E-state index in [2.05, 4.69) is 15.1 Å². The van der Waals surface area contributed by atoms with Crippen LogP contribution in [0.5, 0.6) is 0 Å². The summed E-state index contributed by atoms with van der Waals surface area (Å²) in [4.78, 5) is 32.9. The molecule has 168 valence electrons. The van der Waals surface area contributed by atoms with E-state index in [1.807, 2.05) is 61.7 Å². The monoisotopic (exact) mass is 468 g/mol. The van der Waals surface area contributed by atoms with E-state index in [0.717, 1.165) is 33.4 Å². The molecule has 0 amide bonds. The van der Waals surface area contributed by atoms with E-state index in [9.17, 15) is 9.59 Å². The summed E-state index contributed by atoms with van der Waals surface area (Å²) in [7, 11) is 0. The highest BCUT2D eigenvalue weighted by Gasteiger charge is 2.14. The van der Waals surface area contributed by atoms with Crippen molar-refractivity contribution in [1.82, 2.24) is 19.7 Å². The van der Waals surface area contributed by atoms with E-state index in [-0.39, 0.29) is 18.0 Å². The number of benzene rings is 2. The van der Waals surface area contributed by atoms with Gasteiger partial charge in [0.2, 0.25) is 0 Å². The molecule has 1 N–H and O–H groups in total. The van der Waals surface area contributed by atoms with Crippen LogP contribution in [0.15, 0.2) is 79.3 Å². The highest BCUT2D eigenvalue weighted by Crippen LogP contribution is 2.24. The van der Waals surface area contributed by atoms with E-state index >= 15 is 0 Å². The van der Waals surface area contributed by atoms with Gasteiger partial charge < -0.3 is 4.98 Å². The molecule has 0 radical (unpaired) electrons. The van der Waals surface area contributed by atoms with Crippen molar-refractivity contribution in [2.45, 2.75) is 19.8 Å². The largest absolute Gasteiger partial charge is 0.351 e. The van der Waals surface area contributed by atoms with E-state index in [4.69, 9.17) is 11.6 Å². The number of Topliss-reactive ketones (excluding diaryl/α,β-unsaturated/α-hetero) is 2. The van der Waals surface area contributed by atoms with Crippen LogP contribution in [-0.4, -0.2) is 31.3 Å². The number of carbonyl (C=O) groups excluding carboxylic acids is 2. The summed E-state index contributed by atoms with van der Waals surface area (Å²) in [6, 6.07) is 18.5. The topological polar surface area (TPSA) is 80.6 Å². The van der Waals surface area contributed by atoms with Crippen LogP contribution >= 0.6 is 11.6 Å². The molecule has 5 rings (SSSR count). The van der Waals surface area contributed by atoms with Crippen molar-refractivity contribution >= 4 is 34.1 Å². The number of H-pyrrole nitrogens is 1. The molecule has 0 fully saturated rings. The highest BCUT2D eigenvalue weighted by molar-refractivity contribution is 6.35. The van der Waals surface area contributed by atoms with E-state index in [1.54, 1.807) is 29.2 Å². The first-order valence-corrected chi connectivity index (χ1v) is 11.2. The molecule has 0 spiro atoms. The fourth-order valence-electron chi connectivity index (χ4n) is 3.97. The first-order valence-electron chi connectivity index (χ1n) is 10.9. The molecule has 0 aliphatic carbocycles. The van der Waals surface area contributed by atoms with Gasteiger partial charge in [0.05, 0.1) is 28.1 Å². The lowest BCUT2D eigenvalue weighted by Gasteiger charge is -2.06. The van der Waals surface area contributed by atoms with Crippen LogP contribution < -0.4 is 0 Å². The molecule has 0 atom stereocenters. The first kappa shape index (κ1) is 21.8. The molecule has 0 unspecified atom stereocenters. The molecule has 34 heavy (non-hydrogen) atoms. The van der Waals surface area contributed by atoms with Gasteiger partial charge in [-0.2, -0.15) is 5.10 Å². The molecule has 2 aromatic carbocycles. The van der Waals surface area contributed by atoms with E-state index < -0.39 is 0 Å². The van der Waals surface area contributed by atoms with Gasteiger partial charge in [-0.05, 0) is 54.4 Å². The maximum atomic E-state index is 12.8. The number of hydrogen-bond acceptors (Lipinski definition) is 4. The quantitative estimate of drug-likeness (QED) is 0.317. The summed E-state index contributed by atoms with van der Waals surface area (Å²) < 4.78 is 1.68. The number of halogens is 1. The minimum atomic E-state index is -0.0524. The minimum absolute atomic E-state index is 0.0208. The minimum Gasteiger partial charge on any atom is -0.351 e. The Labute approximate surface area is 201 Å². The van der Waals surface area contributed by atoms with Crippen LogP contribution in [-0.2, 0) is 12.8 Å². The zero-order valence-electron chi connectivity index (χ0n) is 18.5. The molecular formula is C27H21ClN4O2. The van der Waals surface area contributed by atoms with Crippen molar-refractivity contribution in [3.63, 3.8) is 0 Å². The Morgan fingerprint density at radius 3 is 2.62 bits per heavy atom. The molecule has 0 saturated carbocycles. The number of aromatic amines is 1. The van der Waals surface area contributed by atoms with Gasteiger partial charge in [-0.1, -0.05) is 35.9 Å². The third-order valence-corrected chi connectivity index (χ3v) is 5.98. The predicted octanol–water partition coefficient (Wildman–Crippen LogP) is 5.56. The van der Waals surface area contributed by atoms with Gasteiger partial charge in [0, 0.05) is 41.9 Å². The summed E-state index contributed by atoms with van der Waals surface area (Å²) in [6.45, 7) is 1.90. The number of fused-ring (bicyclic) bond motifs is 1. The number of rotatable bonds is 7. The average molecular weight is 469 g/mol. The van der Waals surface area contributed by atoms with Gasteiger partial charge in [0.25, 0.3) is 0 Å². The molecule has 0 bridgehead atoms. The number of nitrogens with zero attached hydrogens (tertiary/aromatic N) is 3. The number of aryl methyl sites for hydroxylation is 1. The van der Waals surface area contributed by atoms with Crippen molar-refractivity contribution < 1.29 is 9.59 Å². The predicted molar refractivity (Wildman–Crippen MR) is 132 cm³/mol. The molecule has 7 heteroatoms. The molecule has 6 nitrogen and oxygen atoms in total. The fourth-order valence-corrected chi connectivity index (χ4v) is 4.20. The standard InChI is InChI=1S/C27H21ClN4O2/c1-17-10-18(8-9-29-17)11-25(33)20-4-2-6-22(13-20)32-16-19(15-30-32)12-26(34)24-14-21-5-3-7-23(28)27(21)31-24/h2-10,13-16,31H,11-12H2,1H3. The number of pyridine rings is 1. The SMILES string of the molecule is Cc1cc(CC(=O)c2cccc(-n3cc(CC(=O)c4cc5cccc(Cl)c5[nH]4)cn3)c2)ccn1. The maximum absolute atomic E-state index is 12.8. The summed E-state index contributed by atoms with van der Waals surface area (Å²) in [5, 5.41) is 5.88. The Balaban J connectivity index is 1.31. The van der Waals surface area contributed by atoms with Crippen LogP contribution in [0.25, 0.3) is 16.6 Å². The van der Waals surface area contributed by atoms with Gasteiger partial charge in [0.15, 0.2) is 11.6 Å². The summed E-state index contributed by atoms with van der Waals surface area (Å²) in [5.41, 5.74) is 5.22. The zero-order chi connectivity index (χ0) is 23.7. The van der Waals surface area contributed by atoms with Crippen molar-refractivity contribution in [2.24, 2.45) is 0 Å². The number of ketones is 2. The molecule has 0 aliphatic rings. The van der Waals surface area contributed by atoms with Gasteiger partial charge >= 0.3 is 0 Å². The van der Waals surface area contributed by atoms with E-state index in [1.165, 1.54) is 0 Å². The Morgan fingerprint density at radius 2 is 1.79 bits per heavy atom. The van der Waals surface area contributed by atoms with Crippen LogP contribution in [0.2, 0.25) is 5.02 Å². The maximum Gasteiger partial charge on any atom is 0.183 e. The smallest absolute Gasteiger partial charge is 0.183 e. The van der Waals surface area contributed by atoms with Gasteiger partial charge in [-0.25, -0.2) is 4.68 Å². The lowest BCUT2D eigenvalue weighted by molar-refractivity contribution is 0.0982. The molecule has 0 aliphatic heterocycles. The zero-order valence-corrected chi connectivity index (χ0v) is 19.2. The number of nitrogens with one attached hydrogen (secondary N) is 1. The van der Waals surface area contributed by atoms with Crippen LogP contribution in [0.3, 0.4) is 0 Å². The second-order valence-corrected chi connectivity index (χ2v) is 8.64. The summed E-state index contributed by atoms with van der Waals surface area (Å²) in [6.07, 6.45) is 5.70. The Kier molecular flexibility index (Phi) is 5.82. The normalized spacial score (nSPS) is 11.1. The number of aromatic nitrogens is 4. The van der Waals surface area contributed by atoms with E-state index in [0.29, 0.717) is 22.7 Å². The lowest BCUT2D eigenvalue weighted by atomic mass is 10.0. The lowest BCUT2D eigenvalue weighted by Crippen LogP contribution is -2.05. The molecular weight excluding hydrogens is 448 g/mol. The third-order valence-electron chi connectivity index (χ3n) is 5.66. The number of carbonyl (C=O) groups is 2. The second kappa shape index (κ2) is 9.08. The molecule has 3 aromatic heterocycles. The second-order valence-electron chi connectivity index (χ2n) is 8.24. The van der Waals surface area contributed by atoms with Crippen molar-refractivity contribution in [3.8, 4) is 5.69 Å². The van der Waals surface area contributed by atoms with Crippen LogP contribution in [0.1, 0.15) is 37.7 Å². The molecule has 5 aromatic rings. The molecule has 0 saturated heterocycles. The Hall–Kier alpha value is -4.03.